The maximum atomic E-state index is 13.9. The Morgan fingerprint density at radius 3 is 2.50 bits per heavy atom. The Hall–Kier alpha value is -0.890. The highest BCUT2D eigenvalue weighted by molar-refractivity contribution is 7.89. The number of benzene rings is 1. The molecule has 1 aliphatic heterocycles. The largest absolute Gasteiger partial charge is 0.396 e. The molecular formula is C12H16ClFN2O3S. The number of aliphatic hydroxyl groups is 1. The van der Waals surface area contributed by atoms with Crippen molar-refractivity contribution >= 4 is 27.3 Å². The molecule has 0 atom stereocenters. The summed E-state index contributed by atoms with van der Waals surface area (Å²) in [4.78, 5) is -0.524. The van der Waals surface area contributed by atoms with Gasteiger partial charge < -0.3 is 10.8 Å². The number of nitrogens with two attached hydrogens (primary N) is 1. The van der Waals surface area contributed by atoms with Crippen molar-refractivity contribution in [3.63, 3.8) is 0 Å². The average molecular weight is 323 g/mol. The van der Waals surface area contributed by atoms with E-state index in [4.69, 9.17) is 17.3 Å². The van der Waals surface area contributed by atoms with Crippen molar-refractivity contribution < 1.29 is 17.9 Å². The van der Waals surface area contributed by atoms with Gasteiger partial charge >= 0.3 is 0 Å². The third-order valence-electron chi connectivity index (χ3n) is 3.45. The summed E-state index contributed by atoms with van der Waals surface area (Å²) in [6, 6.07) is 2.21. The Balaban J connectivity index is 2.37. The van der Waals surface area contributed by atoms with Crippen molar-refractivity contribution in [3.05, 3.63) is 23.0 Å². The SMILES string of the molecule is CC1(O)CCN(S(=O)(=O)c2cc(Cl)cc(N)c2F)CC1. The predicted octanol–water partition coefficient (Wildman–Crippen LogP) is 1.60. The summed E-state index contributed by atoms with van der Waals surface area (Å²) in [5, 5.41) is 9.90. The first-order chi connectivity index (χ1) is 9.13. The molecule has 0 spiro atoms. The summed E-state index contributed by atoms with van der Waals surface area (Å²) < 4.78 is 39.9. The molecule has 5 nitrogen and oxygen atoms in total. The molecule has 3 N–H and O–H groups in total. The molecule has 1 saturated heterocycles. The minimum atomic E-state index is -4.01. The van der Waals surface area contributed by atoms with Crippen LogP contribution in [0.2, 0.25) is 5.02 Å². The van der Waals surface area contributed by atoms with Gasteiger partial charge in [0.1, 0.15) is 4.90 Å². The van der Waals surface area contributed by atoms with Gasteiger partial charge in [-0.1, -0.05) is 11.6 Å². The maximum absolute atomic E-state index is 13.9. The van der Waals surface area contributed by atoms with Crippen molar-refractivity contribution in [3.8, 4) is 0 Å². The van der Waals surface area contributed by atoms with E-state index in [1.165, 1.54) is 0 Å². The van der Waals surface area contributed by atoms with Crippen LogP contribution in [0.1, 0.15) is 19.8 Å². The van der Waals surface area contributed by atoms with Crippen molar-refractivity contribution in [2.75, 3.05) is 18.8 Å². The minimum absolute atomic E-state index is 0.0616. The number of halogens is 2. The quantitative estimate of drug-likeness (QED) is 0.810. The Bertz CT molecular complexity index is 624. The van der Waals surface area contributed by atoms with Crippen molar-refractivity contribution in [2.24, 2.45) is 0 Å². The number of hydrogen-bond donors (Lipinski definition) is 2. The molecule has 0 bridgehead atoms. The van der Waals surface area contributed by atoms with Crippen LogP contribution in [0.5, 0.6) is 0 Å². The summed E-state index contributed by atoms with van der Waals surface area (Å²) in [5.41, 5.74) is 4.21. The number of anilines is 1. The molecule has 0 aliphatic carbocycles. The lowest BCUT2D eigenvalue weighted by Crippen LogP contribution is -2.45. The second kappa shape index (κ2) is 5.14. The van der Waals surface area contributed by atoms with Gasteiger partial charge in [0.05, 0.1) is 11.3 Å². The molecule has 1 heterocycles. The molecule has 0 amide bonds. The van der Waals surface area contributed by atoms with Gasteiger partial charge in [0.2, 0.25) is 10.0 Å². The zero-order valence-electron chi connectivity index (χ0n) is 10.9. The van der Waals surface area contributed by atoms with Crippen molar-refractivity contribution in [1.29, 1.82) is 0 Å². The summed E-state index contributed by atoms with van der Waals surface area (Å²) in [7, 11) is -4.01. The van der Waals surface area contributed by atoms with Gasteiger partial charge in [-0.15, -0.1) is 0 Å². The summed E-state index contributed by atoms with van der Waals surface area (Å²) in [5.74, 6) is -0.994. The fourth-order valence-electron chi connectivity index (χ4n) is 2.12. The number of rotatable bonds is 2. The molecular weight excluding hydrogens is 307 g/mol. The summed E-state index contributed by atoms with van der Waals surface area (Å²) in [6.45, 7) is 1.90. The third kappa shape index (κ3) is 2.90. The molecule has 2 rings (SSSR count). The van der Waals surface area contributed by atoms with Gasteiger partial charge in [0.25, 0.3) is 0 Å². The van der Waals surface area contributed by atoms with Crippen molar-refractivity contribution in [1.82, 2.24) is 4.31 Å². The molecule has 8 heteroatoms. The second-order valence-corrected chi connectivity index (χ2v) is 7.55. The molecule has 0 aromatic heterocycles. The van der Waals surface area contributed by atoms with E-state index in [0.717, 1.165) is 16.4 Å². The molecule has 112 valence electrons. The van der Waals surface area contributed by atoms with E-state index in [1.807, 2.05) is 0 Å². The highest BCUT2D eigenvalue weighted by atomic mass is 35.5. The standard InChI is InChI=1S/C12H16ClFN2O3S/c1-12(17)2-4-16(5-3-12)20(18,19)10-7-8(13)6-9(15)11(10)14/h6-7,17H,2-5,15H2,1H3. The minimum Gasteiger partial charge on any atom is -0.396 e. The van der Waals surface area contributed by atoms with Gasteiger partial charge in [0.15, 0.2) is 5.82 Å². The molecule has 1 aromatic carbocycles. The molecule has 1 aromatic rings. The number of nitrogens with zero attached hydrogens (tertiary/aromatic N) is 1. The normalized spacial score (nSPS) is 20.0. The summed E-state index contributed by atoms with van der Waals surface area (Å²) in [6.07, 6.45) is 0.591. The van der Waals surface area contributed by atoms with E-state index in [0.29, 0.717) is 12.8 Å². The fraction of sp³-hybridized carbons (Fsp3) is 0.500. The fourth-order valence-corrected chi connectivity index (χ4v) is 3.97. The van der Waals surface area contributed by atoms with Crippen LogP contribution in [-0.4, -0.2) is 36.5 Å². The van der Waals surface area contributed by atoms with Crippen LogP contribution in [-0.2, 0) is 10.0 Å². The third-order valence-corrected chi connectivity index (χ3v) is 5.57. The second-order valence-electron chi connectivity index (χ2n) is 5.21. The molecule has 0 saturated carbocycles. The van der Waals surface area contributed by atoms with Crippen LogP contribution >= 0.6 is 11.6 Å². The van der Waals surface area contributed by atoms with Gasteiger partial charge in [-0.2, -0.15) is 4.31 Å². The van der Waals surface area contributed by atoms with Crippen LogP contribution in [0.15, 0.2) is 17.0 Å². The number of nitrogen functional groups attached to an aromatic ring is 1. The van der Waals surface area contributed by atoms with Gasteiger partial charge in [-0.3, -0.25) is 0 Å². The Morgan fingerprint density at radius 1 is 1.40 bits per heavy atom. The lowest BCUT2D eigenvalue weighted by atomic mass is 9.95. The maximum Gasteiger partial charge on any atom is 0.246 e. The first-order valence-corrected chi connectivity index (χ1v) is 7.92. The van der Waals surface area contributed by atoms with E-state index >= 15 is 0 Å². The predicted molar refractivity (Wildman–Crippen MR) is 74.4 cm³/mol. The molecule has 0 unspecified atom stereocenters. The smallest absolute Gasteiger partial charge is 0.246 e. The monoisotopic (exact) mass is 322 g/mol. The van der Waals surface area contributed by atoms with Gasteiger partial charge in [-0.25, -0.2) is 12.8 Å². The highest BCUT2D eigenvalue weighted by Gasteiger charge is 2.35. The average Bonchev–Trinajstić information content (AvgIpc) is 2.33. The van der Waals surface area contributed by atoms with Gasteiger partial charge in [-0.05, 0) is 31.9 Å². The van der Waals surface area contributed by atoms with E-state index in [9.17, 15) is 17.9 Å². The topological polar surface area (TPSA) is 83.6 Å². The molecule has 1 aliphatic rings. The van der Waals surface area contributed by atoms with E-state index in [2.05, 4.69) is 0 Å². The van der Waals surface area contributed by atoms with E-state index < -0.39 is 26.3 Å². The van der Waals surface area contributed by atoms with Crippen LogP contribution in [0.25, 0.3) is 0 Å². The number of sulfonamides is 1. The Morgan fingerprint density at radius 2 is 1.95 bits per heavy atom. The van der Waals surface area contributed by atoms with E-state index in [-0.39, 0.29) is 23.8 Å². The highest BCUT2D eigenvalue weighted by Crippen LogP contribution is 2.30. The van der Waals surface area contributed by atoms with Crippen LogP contribution < -0.4 is 5.73 Å². The Kier molecular flexibility index (Phi) is 3.98. The first-order valence-electron chi connectivity index (χ1n) is 6.10. The lowest BCUT2D eigenvalue weighted by Gasteiger charge is -2.35. The van der Waals surface area contributed by atoms with Crippen LogP contribution in [0.3, 0.4) is 0 Å². The zero-order valence-corrected chi connectivity index (χ0v) is 12.5. The zero-order chi connectivity index (χ0) is 15.1. The van der Waals surface area contributed by atoms with Crippen LogP contribution in [0.4, 0.5) is 10.1 Å². The van der Waals surface area contributed by atoms with E-state index in [1.54, 1.807) is 6.92 Å². The van der Waals surface area contributed by atoms with Gasteiger partial charge in [0, 0.05) is 18.1 Å². The molecule has 1 fully saturated rings. The lowest BCUT2D eigenvalue weighted by molar-refractivity contribution is 0.0126. The Labute approximate surface area is 122 Å². The molecule has 0 radical (unpaired) electrons. The number of hydrogen-bond acceptors (Lipinski definition) is 4. The first kappa shape index (κ1) is 15.5. The molecule has 20 heavy (non-hydrogen) atoms. The van der Waals surface area contributed by atoms with Crippen LogP contribution in [0, 0.1) is 5.82 Å². The summed E-state index contributed by atoms with van der Waals surface area (Å²) >= 11 is 5.74. The number of piperidine rings is 1. The van der Waals surface area contributed by atoms with Crippen molar-refractivity contribution in [2.45, 2.75) is 30.3 Å².